The molecule has 0 aliphatic heterocycles. The molecule has 0 aliphatic rings. The fourth-order valence-electron chi connectivity index (χ4n) is 5.67. The Hall–Kier alpha value is -5.17. The largest absolute Gasteiger partial charge is 0.481 e. The van der Waals surface area contributed by atoms with Crippen molar-refractivity contribution in [3.05, 3.63) is 36.0 Å². The number of H-pyrrole nitrogens is 1. The monoisotopic (exact) mass is 790 g/mol. The number of nitrogens with two attached hydrogens (primary N) is 1. The van der Waals surface area contributed by atoms with Crippen molar-refractivity contribution in [1.29, 1.82) is 0 Å². The van der Waals surface area contributed by atoms with Gasteiger partial charge >= 0.3 is 5.97 Å². The lowest BCUT2D eigenvalue weighted by atomic mass is 10.0. The highest BCUT2D eigenvalue weighted by molar-refractivity contribution is 7.98. The minimum absolute atomic E-state index is 0.00618. The zero-order chi connectivity index (χ0) is 41.4. The van der Waals surface area contributed by atoms with Gasteiger partial charge in [-0.3, -0.25) is 38.4 Å². The zero-order valence-corrected chi connectivity index (χ0v) is 32.7. The summed E-state index contributed by atoms with van der Waals surface area (Å²) in [4.78, 5) is 106. The summed E-state index contributed by atoms with van der Waals surface area (Å²) >= 11 is 1.37. The van der Waals surface area contributed by atoms with Crippen molar-refractivity contribution in [2.45, 2.75) is 96.6 Å². The van der Waals surface area contributed by atoms with Gasteiger partial charge in [0, 0.05) is 30.4 Å². The van der Waals surface area contributed by atoms with E-state index >= 15 is 0 Å². The number of aromatic amines is 1. The van der Waals surface area contributed by atoms with Gasteiger partial charge in [0.1, 0.15) is 36.3 Å². The average Bonchev–Trinajstić information content (AvgIpc) is 3.51. The maximum Gasteiger partial charge on any atom is 0.305 e. The lowest BCUT2D eigenvalue weighted by Crippen LogP contribution is -2.61. The second-order valence-corrected chi connectivity index (χ2v) is 14.9. The van der Waals surface area contributed by atoms with Crippen molar-refractivity contribution in [2.75, 3.05) is 18.6 Å². The molecule has 1 heterocycles. The van der Waals surface area contributed by atoms with Crippen molar-refractivity contribution in [3.8, 4) is 0 Å². The third-order valence-corrected chi connectivity index (χ3v) is 9.12. The number of aliphatic carboxylic acids is 1. The molecule has 19 heteroatoms. The van der Waals surface area contributed by atoms with E-state index in [2.05, 4.69) is 36.9 Å². The van der Waals surface area contributed by atoms with E-state index in [9.17, 15) is 48.6 Å². The number of aliphatic hydroxyl groups is 1. The number of carbonyl (C=O) groups is 8. The molecule has 0 bridgehead atoms. The number of hydrogen-bond acceptors (Lipinski definition) is 10. The molecular formula is C36H54N8O10S. The Morgan fingerprint density at radius 3 is 1.87 bits per heavy atom. The molecule has 18 nitrogen and oxygen atoms in total. The maximum absolute atomic E-state index is 13.6. The molecule has 0 aliphatic carbocycles. The van der Waals surface area contributed by atoms with Crippen LogP contribution in [0, 0.1) is 11.8 Å². The fourth-order valence-corrected chi connectivity index (χ4v) is 6.14. The van der Waals surface area contributed by atoms with Crippen LogP contribution in [0.15, 0.2) is 30.5 Å². The Morgan fingerprint density at radius 2 is 1.31 bits per heavy atom. The molecule has 2 aromatic rings. The van der Waals surface area contributed by atoms with E-state index in [4.69, 9.17) is 5.73 Å². The summed E-state index contributed by atoms with van der Waals surface area (Å²) in [6, 6.07) is -0.907. The SMILES string of the molecule is CSCC[C@H](NC(=O)[C@H](CC(C)C)NC(C)=O)C(=O)N[C@@H](CC(=O)O)C(=O)N[C@@H](CO)C(=O)N[C@@H](Cc1c[nH]c2ccccc12)C(=O)N[C@H](C(N)=O)C(C)C. The molecule has 11 N–H and O–H groups in total. The van der Waals surface area contributed by atoms with E-state index in [0.29, 0.717) is 11.3 Å². The number of thioether (sulfide) groups is 1. The van der Waals surface area contributed by atoms with E-state index < -0.39 is 103 Å². The number of carboxylic acids is 1. The van der Waals surface area contributed by atoms with Crippen LogP contribution in [0.1, 0.15) is 59.4 Å². The molecule has 0 unspecified atom stereocenters. The first-order valence-corrected chi connectivity index (χ1v) is 19.2. The molecule has 0 spiro atoms. The zero-order valence-electron chi connectivity index (χ0n) is 31.9. The Kier molecular flexibility index (Phi) is 18.6. The molecule has 7 amide bonds. The van der Waals surface area contributed by atoms with E-state index in [1.165, 1.54) is 18.7 Å². The third kappa shape index (κ3) is 14.9. The molecule has 55 heavy (non-hydrogen) atoms. The van der Waals surface area contributed by atoms with Gasteiger partial charge in [-0.05, 0) is 48.3 Å². The second kappa shape index (κ2) is 22.3. The molecule has 1 aromatic carbocycles. The van der Waals surface area contributed by atoms with Crippen molar-refractivity contribution in [3.63, 3.8) is 0 Å². The van der Waals surface area contributed by atoms with Crippen LogP contribution < -0.4 is 37.6 Å². The number of hydrogen-bond donors (Lipinski definition) is 10. The van der Waals surface area contributed by atoms with Gasteiger partial charge in [0.05, 0.1) is 13.0 Å². The quantitative estimate of drug-likeness (QED) is 0.0655. The Bertz CT molecular complexity index is 1680. The van der Waals surface area contributed by atoms with Crippen molar-refractivity contribution in [2.24, 2.45) is 17.6 Å². The molecule has 0 fully saturated rings. The van der Waals surface area contributed by atoms with Crippen LogP contribution in [-0.4, -0.2) is 117 Å². The van der Waals surface area contributed by atoms with Gasteiger partial charge in [-0.1, -0.05) is 45.9 Å². The number of carboxylic acid groups (broad SMARTS) is 1. The normalized spacial score (nSPS) is 14.5. The van der Waals surface area contributed by atoms with Gasteiger partial charge in [-0.15, -0.1) is 0 Å². The number of para-hydroxylation sites is 1. The minimum atomic E-state index is -1.77. The van der Waals surface area contributed by atoms with Gasteiger partial charge in [0.15, 0.2) is 0 Å². The molecular weight excluding hydrogens is 737 g/mol. The number of fused-ring (bicyclic) bond motifs is 1. The number of benzene rings is 1. The van der Waals surface area contributed by atoms with Crippen molar-refractivity contribution < 1.29 is 48.6 Å². The van der Waals surface area contributed by atoms with Gasteiger partial charge in [0.25, 0.3) is 0 Å². The van der Waals surface area contributed by atoms with E-state index in [-0.39, 0.29) is 25.2 Å². The van der Waals surface area contributed by atoms with Crippen molar-refractivity contribution >= 4 is 70.0 Å². The predicted octanol–water partition coefficient (Wildman–Crippen LogP) is -0.953. The first-order valence-electron chi connectivity index (χ1n) is 17.8. The number of carbonyl (C=O) groups excluding carboxylic acids is 7. The first-order chi connectivity index (χ1) is 25.9. The topological polar surface area (TPSA) is 291 Å². The Balaban J connectivity index is 2.31. The Labute approximate surface area is 323 Å². The number of primary amides is 1. The summed E-state index contributed by atoms with van der Waals surface area (Å²) in [5.41, 5.74) is 6.88. The lowest BCUT2D eigenvalue weighted by Gasteiger charge is -2.27. The van der Waals surface area contributed by atoms with E-state index in [0.717, 1.165) is 10.9 Å². The summed E-state index contributed by atoms with van der Waals surface area (Å²) in [6.07, 6.45) is 2.75. The molecule has 0 saturated carbocycles. The average molecular weight is 791 g/mol. The maximum atomic E-state index is 13.6. The second-order valence-electron chi connectivity index (χ2n) is 13.9. The third-order valence-electron chi connectivity index (χ3n) is 8.47. The van der Waals surface area contributed by atoms with Crippen LogP contribution in [0.5, 0.6) is 0 Å². The molecule has 0 saturated heterocycles. The van der Waals surface area contributed by atoms with E-state index in [1.54, 1.807) is 44.5 Å². The van der Waals surface area contributed by atoms with Crippen molar-refractivity contribution in [1.82, 2.24) is 36.9 Å². The van der Waals surface area contributed by atoms with Gasteiger partial charge in [-0.25, -0.2) is 0 Å². The molecule has 1 aromatic heterocycles. The number of rotatable bonds is 23. The summed E-state index contributed by atoms with van der Waals surface area (Å²) in [6.45, 7) is 7.29. The summed E-state index contributed by atoms with van der Waals surface area (Å²) in [5, 5.41) is 35.3. The highest BCUT2D eigenvalue weighted by atomic mass is 32.2. The highest BCUT2D eigenvalue weighted by Gasteiger charge is 2.34. The molecule has 6 atom stereocenters. The predicted molar refractivity (Wildman–Crippen MR) is 205 cm³/mol. The lowest BCUT2D eigenvalue weighted by molar-refractivity contribution is -0.141. The van der Waals surface area contributed by atoms with Gasteiger partial charge in [0.2, 0.25) is 41.4 Å². The molecule has 0 radical (unpaired) electrons. The summed E-state index contributed by atoms with van der Waals surface area (Å²) < 4.78 is 0. The number of nitrogens with one attached hydrogen (secondary N) is 7. The summed E-state index contributed by atoms with van der Waals surface area (Å²) in [7, 11) is 0. The van der Waals surface area contributed by atoms with Gasteiger partial charge < -0.3 is 52.8 Å². The minimum Gasteiger partial charge on any atom is -0.481 e. The number of amides is 7. The standard InChI is InChI=1S/C36H54N8O10S/c1-18(2)13-25(39-20(5)46)33(51)40-24(11-12-55-6)32(50)42-27(15-29(47)48)34(52)43-28(17-45)36(54)41-26(35(53)44-30(19(3)4)31(37)49)14-21-16-38-23-10-8-7-9-22(21)23/h7-10,16,18-19,24-28,30,38,45H,11-15,17H2,1-6H3,(H2,37,49)(H,39,46)(H,40,51)(H,41,54)(H,42,50)(H,43,52)(H,44,53)(H,47,48)/t24-,25-,26-,27-,28-,30-/m0/s1. The molecule has 304 valence electrons. The first kappa shape index (κ1) is 46.0. The number of aromatic nitrogens is 1. The van der Waals surface area contributed by atoms with E-state index in [1.807, 2.05) is 19.9 Å². The molecule has 2 rings (SSSR count). The van der Waals surface area contributed by atoms with Crippen LogP contribution in [0.25, 0.3) is 10.9 Å². The Morgan fingerprint density at radius 1 is 0.764 bits per heavy atom. The van der Waals surface area contributed by atoms with Crippen LogP contribution in [0.4, 0.5) is 0 Å². The smallest absolute Gasteiger partial charge is 0.305 e. The highest BCUT2D eigenvalue weighted by Crippen LogP contribution is 2.19. The summed E-state index contributed by atoms with van der Waals surface area (Å²) in [5.74, 6) is -7.25. The van der Waals surface area contributed by atoms with Crippen LogP contribution in [0.2, 0.25) is 0 Å². The van der Waals surface area contributed by atoms with Crippen LogP contribution in [0.3, 0.4) is 0 Å². The number of aliphatic hydroxyl groups excluding tert-OH is 1. The van der Waals surface area contributed by atoms with Gasteiger partial charge in [-0.2, -0.15) is 11.8 Å². The van der Waals surface area contributed by atoms with Crippen LogP contribution >= 0.6 is 11.8 Å². The fraction of sp³-hybridized carbons (Fsp3) is 0.556. The van der Waals surface area contributed by atoms with Crippen LogP contribution in [-0.2, 0) is 44.8 Å².